The second-order valence-electron chi connectivity index (χ2n) is 5.26. The maximum atomic E-state index is 10.8. The van der Waals surface area contributed by atoms with Crippen LogP contribution in [0.1, 0.15) is 5.56 Å². The average Bonchev–Trinajstić information content (AvgIpc) is 2.65. The van der Waals surface area contributed by atoms with Gasteiger partial charge in [-0.2, -0.15) is 0 Å². The van der Waals surface area contributed by atoms with Crippen molar-refractivity contribution in [1.82, 2.24) is 9.97 Å². The molecule has 0 aliphatic carbocycles. The molecule has 0 spiro atoms. The van der Waals surface area contributed by atoms with Crippen LogP contribution in [0.5, 0.6) is 5.75 Å². The molecule has 1 heterocycles. The first-order chi connectivity index (χ1) is 12.2. The van der Waals surface area contributed by atoms with E-state index >= 15 is 0 Å². The second-order valence-corrected chi connectivity index (χ2v) is 5.26. The number of fused-ring (bicyclic) bond motifs is 1. The van der Waals surface area contributed by atoms with E-state index in [0.29, 0.717) is 29.1 Å². The van der Waals surface area contributed by atoms with E-state index in [0.717, 1.165) is 5.56 Å². The third-order valence-electron chi connectivity index (χ3n) is 3.51. The number of benzene rings is 2. The van der Waals surface area contributed by atoms with Crippen molar-refractivity contribution in [3.63, 3.8) is 0 Å². The fraction of sp³-hybridized carbons (Fsp3) is 0.176. The number of nitrogens with zero attached hydrogens (tertiary/aromatic N) is 3. The van der Waals surface area contributed by atoms with Crippen molar-refractivity contribution in [2.75, 3.05) is 18.5 Å². The van der Waals surface area contributed by atoms with Gasteiger partial charge in [0.15, 0.2) is 0 Å². The van der Waals surface area contributed by atoms with Crippen LogP contribution in [0, 0.1) is 10.1 Å². The van der Waals surface area contributed by atoms with Gasteiger partial charge in [0.25, 0.3) is 5.69 Å². The molecule has 2 N–H and O–H groups in total. The number of nitro groups is 1. The predicted molar refractivity (Wildman–Crippen MR) is 92.5 cm³/mol. The van der Waals surface area contributed by atoms with E-state index in [1.54, 1.807) is 12.3 Å². The maximum Gasteiger partial charge on any atom is 0.270 e. The minimum atomic E-state index is -0.445. The monoisotopic (exact) mass is 340 g/mol. The van der Waals surface area contributed by atoms with E-state index in [4.69, 9.17) is 9.84 Å². The molecule has 8 nitrogen and oxygen atoms in total. The first-order valence-corrected chi connectivity index (χ1v) is 7.63. The van der Waals surface area contributed by atoms with E-state index in [-0.39, 0.29) is 18.9 Å². The van der Waals surface area contributed by atoms with Crippen molar-refractivity contribution < 1.29 is 14.8 Å². The molecule has 0 bridgehead atoms. The standard InChI is InChI=1S/C17H16N4O4/c22-7-8-25-15-4-1-12(2-5-15)10-18-17-19-11-13-9-14(21(23)24)3-6-16(13)20-17/h1-6,9,11,22H,7-8,10H2,(H,18,19,20). The maximum absolute atomic E-state index is 10.8. The van der Waals surface area contributed by atoms with Gasteiger partial charge >= 0.3 is 0 Å². The van der Waals surface area contributed by atoms with E-state index in [2.05, 4.69) is 15.3 Å². The van der Waals surface area contributed by atoms with Gasteiger partial charge in [-0.3, -0.25) is 10.1 Å². The number of ether oxygens (including phenoxy) is 1. The van der Waals surface area contributed by atoms with Gasteiger partial charge in [0.2, 0.25) is 5.95 Å². The molecule has 25 heavy (non-hydrogen) atoms. The molecule has 0 unspecified atom stereocenters. The highest BCUT2D eigenvalue weighted by atomic mass is 16.6. The highest BCUT2D eigenvalue weighted by Crippen LogP contribution is 2.20. The summed E-state index contributed by atoms with van der Waals surface area (Å²) in [4.78, 5) is 18.9. The lowest BCUT2D eigenvalue weighted by atomic mass is 10.2. The van der Waals surface area contributed by atoms with Gasteiger partial charge in [-0.25, -0.2) is 9.97 Å². The Labute approximate surface area is 143 Å². The number of non-ortho nitro benzene ring substituents is 1. The van der Waals surface area contributed by atoms with E-state index < -0.39 is 4.92 Å². The Morgan fingerprint density at radius 3 is 2.72 bits per heavy atom. The number of aromatic nitrogens is 2. The third kappa shape index (κ3) is 4.18. The van der Waals surface area contributed by atoms with Gasteiger partial charge in [0, 0.05) is 30.3 Å². The molecule has 3 rings (SSSR count). The second kappa shape index (κ2) is 7.54. The molecular weight excluding hydrogens is 324 g/mol. The van der Waals surface area contributed by atoms with Gasteiger partial charge in [0.05, 0.1) is 17.0 Å². The lowest BCUT2D eigenvalue weighted by Crippen LogP contribution is -2.04. The Balaban J connectivity index is 1.66. The van der Waals surface area contributed by atoms with Gasteiger partial charge in [0.1, 0.15) is 12.4 Å². The number of hydrogen-bond donors (Lipinski definition) is 2. The smallest absolute Gasteiger partial charge is 0.270 e. The van der Waals surface area contributed by atoms with Crippen LogP contribution in [0.15, 0.2) is 48.7 Å². The SMILES string of the molecule is O=[N+]([O-])c1ccc2nc(NCc3ccc(OCCO)cc3)ncc2c1. The van der Waals surface area contributed by atoms with Crippen molar-refractivity contribution in [1.29, 1.82) is 0 Å². The molecule has 0 radical (unpaired) electrons. The fourth-order valence-electron chi connectivity index (χ4n) is 2.27. The first kappa shape index (κ1) is 16.6. The molecular formula is C17H16N4O4. The topological polar surface area (TPSA) is 110 Å². The van der Waals surface area contributed by atoms with Gasteiger partial charge in [-0.1, -0.05) is 12.1 Å². The molecule has 3 aromatic rings. The Hall–Kier alpha value is -3.26. The van der Waals surface area contributed by atoms with Crippen LogP contribution in [-0.2, 0) is 6.54 Å². The van der Waals surface area contributed by atoms with Crippen molar-refractivity contribution >= 4 is 22.5 Å². The summed E-state index contributed by atoms with van der Waals surface area (Å²) < 4.78 is 5.30. The Bertz CT molecular complexity index is 883. The zero-order chi connectivity index (χ0) is 17.6. The summed E-state index contributed by atoms with van der Waals surface area (Å²) in [7, 11) is 0. The molecule has 8 heteroatoms. The number of aliphatic hydroxyl groups is 1. The molecule has 0 aliphatic rings. The van der Waals surface area contributed by atoms with E-state index in [9.17, 15) is 10.1 Å². The molecule has 2 aromatic carbocycles. The lowest BCUT2D eigenvalue weighted by Gasteiger charge is -2.08. The summed E-state index contributed by atoms with van der Waals surface area (Å²) in [6.07, 6.45) is 1.56. The summed E-state index contributed by atoms with van der Waals surface area (Å²) in [6.45, 7) is 0.769. The minimum Gasteiger partial charge on any atom is -0.491 e. The zero-order valence-corrected chi connectivity index (χ0v) is 13.3. The van der Waals surface area contributed by atoms with Crippen LogP contribution < -0.4 is 10.1 Å². The zero-order valence-electron chi connectivity index (χ0n) is 13.3. The number of anilines is 1. The minimum absolute atomic E-state index is 0.0142. The van der Waals surface area contributed by atoms with Crippen LogP contribution >= 0.6 is 0 Å². The van der Waals surface area contributed by atoms with Gasteiger partial charge in [-0.15, -0.1) is 0 Å². The van der Waals surface area contributed by atoms with Gasteiger partial charge < -0.3 is 15.2 Å². The van der Waals surface area contributed by atoms with Crippen LogP contribution in [0.4, 0.5) is 11.6 Å². The average molecular weight is 340 g/mol. The quantitative estimate of drug-likeness (QED) is 0.502. The molecule has 0 amide bonds. The Kier molecular flexibility index (Phi) is 5.00. The summed E-state index contributed by atoms with van der Waals surface area (Å²) in [5.74, 6) is 1.14. The van der Waals surface area contributed by atoms with E-state index in [1.165, 1.54) is 12.1 Å². The number of nitro benzene ring substituents is 1. The van der Waals surface area contributed by atoms with Gasteiger partial charge in [-0.05, 0) is 23.8 Å². The number of nitrogens with one attached hydrogen (secondary N) is 1. The molecule has 1 aromatic heterocycles. The number of hydrogen-bond acceptors (Lipinski definition) is 7. The summed E-state index contributed by atoms with van der Waals surface area (Å²) >= 11 is 0. The fourth-order valence-corrected chi connectivity index (χ4v) is 2.27. The van der Waals surface area contributed by atoms with Crippen LogP contribution in [-0.4, -0.2) is 33.2 Å². The van der Waals surface area contributed by atoms with Crippen LogP contribution in [0.2, 0.25) is 0 Å². The van der Waals surface area contributed by atoms with Crippen molar-refractivity contribution in [3.8, 4) is 5.75 Å². The molecule has 0 fully saturated rings. The van der Waals surface area contributed by atoms with Crippen molar-refractivity contribution in [2.45, 2.75) is 6.54 Å². The first-order valence-electron chi connectivity index (χ1n) is 7.63. The van der Waals surface area contributed by atoms with Crippen molar-refractivity contribution in [3.05, 3.63) is 64.3 Å². The summed E-state index contributed by atoms with van der Waals surface area (Å²) in [5.41, 5.74) is 1.67. The van der Waals surface area contributed by atoms with E-state index in [1.807, 2.05) is 24.3 Å². The summed E-state index contributed by atoms with van der Waals surface area (Å²) in [5, 5.41) is 23.2. The van der Waals surface area contributed by atoms with Crippen molar-refractivity contribution in [2.24, 2.45) is 0 Å². The third-order valence-corrected chi connectivity index (χ3v) is 3.51. The molecule has 0 atom stereocenters. The number of rotatable bonds is 7. The lowest BCUT2D eigenvalue weighted by molar-refractivity contribution is -0.384. The van der Waals surface area contributed by atoms with Crippen LogP contribution in [0.3, 0.4) is 0 Å². The van der Waals surface area contributed by atoms with Crippen LogP contribution in [0.25, 0.3) is 10.9 Å². The largest absolute Gasteiger partial charge is 0.491 e. The Morgan fingerprint density at radius 1 is 1.20 bits per heavy atom. The highest BCUT2D eigenvalue weighted by Gasteiger charge is 2.08. The normalized spacial score (nSPS) is 10.6. The Morgan fingerprint density at radius 2 is 2.00 bits per heavy atom. The predicted octanol–water partition coefficient (Wildman–Crippen LogP) is 2.52. The highest BCUT2D eigenvalue weighted by molar-refractivity contribution is 5.81. The summed E-state index contributed by atoms with van der Waals surface area (Å²) in [6, 6.07) is 11.9. The molecule has 0 saturated carbocycles. The molecule has 128 valence electrons. The molecule has 0 saturated heterocycles. The molecule has 0 aliphatic heterocycles. The number of aliphatic hydroxyl groups excluding tert-OH is 1.